The number of carbonyl (C=O) groups excluding carboxylic acids is 1. The molecule has 1 aromatic heterocycles. The Morgan fingerprint density at radius 2 is 1.88 bits per heavy atom. The molecule has 26 heavy (non-hydrogen) atoms. The average Bonchev–Trinajstić information content (AvgIpc) is 2.96. The Hall–Kier alpha value is -1.87. The number of aryl methyl sites for hydroxylation is 1. The Balaban J connectivity index is 2.12. The van der Waals surface area contributed by atoms with Crippen LogP contribution in [-0.2, 0) is 11.2 Å². The summed E-state index contributed by atoms with van der Waals surface area (Å²) in [7, 11) is 0. The lowest BCUT2D eigenvalue weighted by molar-refractivity contribution is -0.117. The minimum atomic E-state index is -0.0217. The van der Waals surface area contributed by atoms with Crippen LogP contribution in [0.25, 0.3) is 16.5 Å². The molecule has 0 saturated heterocycles. The molecule has 2 aromatic rings. The first-order valence-electron chi connectivity index (χ1n) is 9.48. The summed E-state index contributed by atoms with van der Waals surface area (Å²) in [6, 6.07) is 10.9. The summed E-state index contributed by atoms with van der Waals surface area (Å²) < 4.78 is 0. The van der Waals surface area contributed by atoms with Gasteiger partial charge < -0.3 is 5.32 Å². The monoisotopic (exact) mass is 369 g/mol. The fourth-order valence-electron chi connectivity index (χ4n) is 2.86. The van der Waals surface area contributed by atoms with Crippen molar-refractivity contribution in [3.8, 4) is 10.4 Å². The van der Waals surface area contributed by atoms with Gasteiger partial charge in [-0.05, 0) is 35.4 Å². The Labute approximate surface area is 162 Å². The van der Waals surface area contributed by atoms with Gasteiger partial charge in [-0.25, -0.2) is 0 Å². The summed E-state index contributed by atoms with van der Waals surface area (Å²) in [5.74, 6) is 0.0558. The number of hydrogen-bond acceptors (Lipinski definition) is 2. The van der Waals surface area contributed by atoms with Crippen LogP contribution in [0, 0.1) is 5.41 Å². The smallest absolute Gasteiger partial charge is 0.225 e. The topological polar surface area (TPSA) is 29.1 Å². The lowest BCUT2D eigenvalue weighted by Crippen LogP contribution is -2.19. The lowest BCUT2D eigenvalue weighted by atomic mass is 9.92. The molecule has 0 aliphatic carbocycles. The largest absolute Gasteiger partial charge is 0.317 e. The van der Waals surface area contributed by atoms with Gasteiger partial charge in [0.2, 0.25) is 5.91 Å². The maximum atomic E-state index is 12.3. The number of thiophene rings is 1. The Kier molecular flexibility index (Phi) is 7.22. The molecule has 1 heterocycles. The van der Waals surface area contributed by atoms with Crippen LogP contribution in [0.15, 0.2) is 36.9 Å². The van der Waals surface area contributed by atoms with Crippen molar-refractivity contribution in [1.29, 1.82) is 0 Å². The molecule has 140 valence electrons. The number of amides is 1. The second-order valence-electron chi connectivity index (χ2n) is 8.04. The molecule has 0 bridgehead atoms. The third kappa shape index (κ3) is 6.14. The second kappa shape index (κ2) is 9.18. The fraction of sp³-hybridized carbons (Fsp3) is 0.435. The van der Waals surface area contributed by atoms with E-state index in [4.69, 9.17) is 0 Å². The van der Waals surface area contributed by atoms with Gasteiger partial charge in [-0.1, -0.05) is 77.5 Å². The van der Waals surface area contributed by atoms with Gasteiger partial charge in [0.25, 0.3) is 0 Å². The molecule has 1 N–H and O–H groups in total. The van der Waals surface area contributed by atoms with Crippen molar-refractivity contribution >= 4 is 28.3 Å². The van der Waals surface area contributed by atoms with Crippen molar-refractivity contribution < 1.29 is 4.79 Å². The van der Waals surface area contributed by atoms with Crippen molar-refractivity contribution in [3.05, 3.63) is 48.0 Å². The van der Waals surface area contributed by atoms with Crippen LogP contribution in [0.4, 0.5) is 5.00 Å². The van der Waals surface area contributed by atoms with Crippen LogP contribution in [-0.4, -0.2) is 5.91 Å². The van der Waals surface area contributed by atoms with Gasteiger partial charge >= 0.3 is 0 Å². The summed E-state index contributed by atoms with van der Waals surface area (Å²) in [6.45, 7) is 12.3. The molecule has 0 fully saturated rings. The first-order chi connectivity index (χ1) is 12.3. The molecule has 0 unspecified atom stereocenters. The van der Waals surface area contributed by atoms with Crippen molar-refractivity contribution in [1.82, 2.24) is 0 Å². The molecular formula is C23H31NOS. The molecule has 0 aliphatic heterocycles. The van der Waals surface area contributed by atoms with Crippen LogP contribution in [0.2, 0.25) is 0 Å². The number of rotatable bonds is 8. The number of carbonyl (C=O) groups is 1. The van der Waals surface area contributed by atoms with Crippen LogP contribution in [0.5, 0.6) is 0 Å². The van der Waals surface area contributed by atoms with E-state index < -0.39 is 0 Å². The molecule has 2 nitrogen and oxygen atoms in total. The lowest BCUT2D eigenvalue weighted by Gasteiger charge is -2.17. The zero-order valence-electron chi connectivity index (χ0n) is 16.5. The third-order valence-corrected chi connectivity index (χ3v) is 5.35. The van der Waals surface area contributed by atoms with E-state index in [1.807, 2.05) is 6.08 Å². The van der Waals surface area contributed by atoms with Crippen molar-refractivity contribution in [3.63, 3.8) is 0 Å². The first kappa shape index (κ1) is 20.4. The minimum Gasteiger partial charge on any atom is -0.317 e. The third-order valence-electron chi connectivity index (χ3n) is 4.23. The van der Waals surface area contributed by atoms with Gasteiger partial charge in [0.15, 0.2) is 0 Å². The van der Waals surface area contributed by atoms with E-state index in [9.17, 15) is 4.79 Å². The first-order valence-corrected chi connectivity index (χ1v) is 10.3. The molecule has 0 saturated carbocycles. The van der Waals surface area contributed by atoms with Crippen LogP contribution >= 0.6 is 11.3 Å². The van der Waals surface area contributed by atoms with Gasteiger partial charge in [-0.3, -0.25) is 4.79 Å². The van der Waals surface area contributed by atoms with Crippen molar-refractivity contribution in [2.24, 2.45) is 5.41 Å². The zero-order valence-corrected chi connectivity index (χ0v) is 17.3. The van der Waals surface area contributed by atoms with E-state index in [1.54, 1.807) is 11.3 Å². The molecule has 1 amide bonds. The van der Waals surface area contributed by atoms with E-state index in [0.29, 0.717) is 6.42 Å². The number of hydrogen-bond donors (Lipinski definition) is 1. The van der Waals surface area contributed by atoms with E-state index in [0.717, 1.165) is 21.9 Å². The van der Waals surface area contributed by atoms with Crippen molar-refractivity contribution in [2.45, 2.75) is 59.8 Å². The maximum Gasteiger partial charge on any atom is 0.225 e. The van der Waals surface area contributed by atoms with Crippen molar-refractivity contribution in [2.75, 3.05) is 5.32 Å². The Bertz CT molecular complexity index is 735. The second-order valence-corrected chi connectivity index (χ2v) is 9.09. The Morgan fingerprint density at radius 3 is 2.46 bits per heavy atom. The zero-order chi connectivity index (χ0) is 19.2. The van der Waals surface area contributed by atoms with Crippen LogP contribution in [0.3, 0.4) is 0 Å². The summed E-state index contributed by atoms with van der Waals surface area (Å²) >= 11 is 1.62. The molecule has 2 rings (SSSR count). The van der Waals surface area contributed by atoms with Gasteiger partial charge in [0, 0.05) is 16.9 Å². The predicted molar refractivity (Wildman–Crippen MR) is 116 cm³/mol. The number of nitrogens with one attached hydrogen (secondary N) is 1. The number of anilines is 1. The minimum absolute atomic E-state index is 0.0217. The standard InChI is InChI=1S/C23H31NOS/c1-6-8-9-10-17-11-13-19(14-12-17)20-15-18(7-2)22(26-20)24-21(25)16-23(3,4)5/h7,11-15H,2,6,8-10,16H2,1,3-5H3,(H,24,25). The molecule has 0 radical (unpaired) electrons. The molecule has 0 aliphatic rings. The molecule has 1 aromatic carbocycles. The highest BCUT2D eigenvalue weighted by Crippen LogP contribution is 2.36. The Morgan fingerprint density at radius 1 is 1.19 bits per heavy atom. The van der Waals surface area contributed by atoms with Crippen LogP contribution in [0.1, 0.15) is 64.5 Å². The molecule has 3 heteroatoms. The number of benzene rings is 1. The van der Waals surface area contributed by atoms with Crippen LogP contribution < -0.4 is 5.32 Å². The summed E-state index contributed by atoms with van der Waals surface area (Å²) in [4.78, 5) is 13.4. The van der Waals surface area contributed by atoms with E-state index in [2.05, 4.69) is 69.9 Å². The highest BCUT2D eigenvalue weighted by atomic mass is 32.1. The van der Waals surface area contributed by atoms with E-state index in [1.165, 1.54) is 30.4 Å². The summed E-state index contributed by atoms with van der Waals surface area (Å²) in [5, 5.41) is 3.95. The maximum absolute atomic E-state index is 12.3. The normalized spacial score (nSPS) is 11.4. The summed E-state index contributed by atoms with van der Waals surface area (Å²) in [5.41, 5.74) is 3.54. The quantitative estimate of drug-likeness (QED) is 0.491. The molecular weight excluding hydrogens is 338 g/mol. The highest BCUT2D eigenvalue weighted by molar-refractivity contribution is 7.19. The molecule has 0 atom stereocenters. The van der Waals surface area contributed by atoms with Gasteiger partial charge in [-0.15, -0.1) is 11.3 Å². The fourth-order valence-corrected chi connectivity index (χ4v) is 3.95. The van der Waals surface area contributed by atoms with E-state index >= 15 is 0 Å². The van der Waals surface area contributed by atoms with Gasteiger partial charge in [0.05, 0.1) is 0 Å². The molecule has 0 spiro atoms. The predicted octanol–water partition coefficient (Wildman–Crippen LogP) is 7.17. The highest BCUT2D eigenvalue weighted by Gasteiger charge is 2.18. The summed E-state index contributed by atoms with van der Waals surface area (Å²) in [6.07, 6.45) is 7.24. The average molecular weight is 370 g/mol. The number of unbranched alkanes of at least 4 members (excludes halogenated alkanes) is 2. The van der Waals surface area contributed by atoms with E-state index in [-0.39, 0.29) is 11.3 Å². The SMILES string of the molecule is C=Cc1cc(-c2ccc(CCCCC)cc2)sc1NC(=O)CC(C)(C)C. The van der Waals surface area contributed by atoms with Gasteiger partial charge in [-0.2, -0.15) is 0 Å². The van der Waals surface area contributed by atoms with Gasteiger partial charge in [0.1, 0.15) is 5.00 Å².